The Labute approximate surface area is 93.8 Å². The Kier molecular flexibility index (Phi) is 3.14. The number of anilines is 1. The molecule has 2 aromatic rings. The molecule has 0 atom stereocenters. The van der Waals surface area contributed by atoms with Crippen molar-refractivity contribution in [1.29, 1.82) is 0 Å². The summed E-state index contributed by atoms with van der Waals surface area (Å²) in [5, 5.41) is 0. The maximum atomic E-state index is 5.72. The fourth-order valence-electron chi connectivity index (χ4n) is 1.50. The van der Waals surface area contributed by atoms with Crippen LogP contribution in [0, 0.1) is 0 Å². The Morgan fingerprint density at radius 2 is 1.94 bits per heavy atom. The predicted octanol–water partition coefficient (Wildman–Crippen LogP) is 1.72. The fourth-order valence-corrected chi connectivity index (χ4v) is 1.50. The van der Waals surface area contributed by atoms with E-state index in [1.54, 1.807) is 0 Å². The van der Waals surface area contributed by atoms with Gasteiger partial charge >= 0.3 is 0 Å². The summed E-state index contributed by atoms with van der Waals surface area (Å²) in [6.07, 6.45) is 0. The average molecular weight is 215 g/mol. The highest BCUT2D eigenvalue weighted by molar-refractivity contribution is 5.63. The lowest BCUT2D eigenvalue weighted by atomic mass is 10.1. The summed E-state index contributed by atoms with van der Waals surface area (Å²) in [7, 11) is 0. The molecular weight excluding hydrogens is 202 g/mol. The molecule has 4 N–H and O–H groups in total. The molecule has 0 aliphatic carbocycles. The molecular formula is C12H13N3O. The van der Waals surface area contributed by atoms with Gasteiger partial charge in [-0.2, -0.15) is 0 Å². The first-order chi connectivity index (χ1) is 7.79. The third kappa shape index (κ3) is 2.36. The summed E-state index contributed by atoms with van der Waals surface area (Å²) in [4.78, 5) is 8.97. The smallest absolute Gasteiger partial charge is 0.110 e. The molecule has 0 saturated heterocycles. The molecule has 4 heteroatoms. The normalized spacial score (nSPS) is 10.3. The second-order valence-electron chi connectivity index (χ2n) is 3.45. The van der Waals surface area contributed by atoms with Gasteiger partial charge in [-0.1, -0.05) is 18.2 Å². The van der Waals surface area contributed by atoms with E-state index >= 15 is 0 Å². The van der Waals surface area contributed by atoms with Crippen LogP contribution in [-0.4, -0.2) is 4.98 Å². The summed E-state index contributed by atoms with van der Waals surface area (Å²) < 4.78 is 0. The number of benzene rings is 1. The van der Waals surface area contributed by atoms with E-state index in [2.05, 4.69) is 9.82 Å². The van der Waals surface area contributed by atoms with Crippen LogP contribution in [0.2, 0.25) is 0 Å². The molecule has 0 spiro atoms. The van der Waals surface area contributed by atoms with Gasteiger partial charge in [-0.25, -0.2) is 5.90 Å². The van der Waals surface area contributed by atoms with Crippen molar-refractivity contribution in [3.8, 4) is 11.3 Å². The number of nitrogen functional groups attached to an aromatic ring is 1. The topological polar surface area (TPSA) is 74.2 Å². The Hall–Kier alpha value is -1.91. The zero-order valence-corrected chi connectivity index (χ0v) is 8.76. The minimum absolute atomic E-state index is 0.302. The first-order valence-corrected chi connectivity index (χ1v) is 4.93. The number of nitrogens with zero attached hydrogens (tertiary/aromatic N) is 1. The number of pyridine rings is 1. The zero-order valence-electron chi connectivity index (χ0n) is 8.76. The van der Waals surface area contributed by atoms with Crippen LogP contribution in [0.15, 0.2) is 42.5 Å². The van der Waals surface area contributed by atoms with Crippen LogP contribution in [0.1, 0.15) is 5.69 Å². The van der Waals surface area contributed by atoms with Gasteiger partial charge in [-0.15, -0.1) is 0 Å². The molecule has 2 rings (SSSR count). The van der Waals surface area contributed by atoms with Gasteiger partial charge in [-0.3, -0.25) is 9.82 Å². The Bertz CT molecular complexity index is 485. The third-order valence-electron chi connectivity index (χ3n) is 2.22. The molecule has 0 bridgehead atoms. The van der Waals surface area contributed by atoms with Crippen LogP contribution < -0.4 is 11.6 Å². The molecule has 0 fully saturated rings. The third-order valence-corrected chi connectivity index (χ3v) is 2.22. The zero-order chi connectivity index (χ0) is 11.4. The highest BCUT2D eigenvalue weighted by Gasteiger charge is 2.01. The van der Waals surface area contributed by atoms with Gasteiger partial charge in [-0.05, 0) is 24.3 Å². The number of hydrogen-bond acceptors (Lipinski definition) is 4. The van der Waals surface area contributed by atoms with Crippen molar-refractivity contribution in [3.05, 3.63) is 48.2 Å². The summed E-state index contributed by atoms with van der Waals surface area (Å²) in [6.45, 7) is 0.302. The standard InChI is InChI=1S/C12H13N3O/c13-10-4-1-3-9(7-10)12-6-2-5-11(15-12)8-16-14/h1-7H,8,13-14H2. The molecule has 0 unspecified atom stereocenters. The molecule has 0 aliphatic heterocycles. The second-order valence-corrected chi connectivity index (χ2v) is 3.45. The molecule has 1 aromatic heterocycles. The molecule has 0 amide bonds. The molecule has 0 saturated carbocycles. The van der Waals surface area contributed by atoms with Crippen molar-refractivity contribution in [1.82, 2.24) is 4.98 Å². The van der Waals surface area contributed by atoms with Crippen molar-refractivity contribution >= 4 is 5.69 Å². The van der Waals surface area contributed by atoms with E-state index in [0.717, 1.165) is 22.6 Å². The summed E-state index contributed by atoms with van der Waals surface area (Å²) >= 11 is 0. The number of hydrogen-bond donors (Lipinski definition) is 2. The van der Waals surface area contributed by atoms with Crippen molar-refractivity contribution in [2.45, 2.75) is 6.61 Å². The highest BCUT2D eigenvalue weighted by Crippen LogP contribution is 2.19. The van der Waals surface area contributed by atoms with Crippen LogP contribution in [0.5, 0.6) is 0 Å². The van der Waals surface area contributed by atoms with Crippen LogP contribution in [0.4, 0.5) is 5.69 Å². The lowest BCUT2D eigenvalue weighted by molar-refractivity contribution is 0.121. The number of aromatic nitrogens is 1. The second kappa shape index (κ2) is 4.74. The number of nitrogens with two attached hydrogens (primary N) is 2. The van der Waals surface area contributed by atoms with Gasteiger partial charge in [0.05, 0.1) is 11.4 Å². The summed E-state index contributed by atoms with van der Waals surface area (Å²) in [5.41, 5.74) is 9.08. The first kappa shape index (κ1) is 10.6. The van der Waals surface area contributed by atoms with E-state index < -0.39 is 0 Å². The average Bonchev–Trinajstić information content (AvgIpc) is 2.30. The Balaban J connectivity index is 2.36. The quantitative estimate of drug-likeness (QED) is 0.604. The Morgan fingerprint density at radius 3 is 2.69 bits per heavy atom. The van der Waals surface area contributed by atoms with Gasteiger partial charge in [0.15, 0.2) is 0 Å². The lowest BCUT2D eigenvalue weighted by Gasteiger charge is -2.04. The molecule has 82 valence electrons. The molecule has 1 heterocycles. The minimum Gasteiger partial charge on any atom is -0.399 e. The Morgan fingerprint density at radius 1 is 1.12 bits per heavy atom. The van der Waals surface area contributed by atoms with Crippen LogP contribution in [0.25, 0.3) is 11.3 Å². The van der Waals surface area contributed by atoms with Crippen molar-refractivity contribution in [2.24, 2.45) is 5.90 Å². The molecule has 0 aliphatic rings. The SMILES string of the molecule is NOCc1cccc(-c2cccc(N)c2)n1. The largest absolute Gasteiger partial charge is 0.399 e. The summed E-state index contributed by atoms with van der Waals surface area (Å²) in [5.74, 6) is 5.01. The van der Waals surface area contributed by atoms with Crippen LogP contribution in [-0.2, 0) is 11.4 Å². The molecule has 1 aromatic carbocycles. The minimum atomic E-state index is 0.302. The highest BCUT2D eigenvalue weighted by atomic mass is 16.6. The van der Waals surface area contributed by atoms with E-state index in [0.29, 0.717) is 6.61 Å². The van der Waals surface area contributed by atoms with Crippen LogP contribution >= 0.6 is 0 Å². The van der Waals surface area contributed by atoms with E-state index in [4.69, 9.17) is 11.6 Å². The first-order valence-electron chi connectivity index (χ1n) is 4.93. The molecule has 0 radical (unpaired) electrons. The van der Waals surface area contributed by atoms with E-state index in [1.807, 2.05) is 42.5 Å². The van der Waals surface area contributed by atoms with Crippen LogP contribution in [0.3, 0.4) is 0 Å². The molecule has 4 nitrogen and oxygen atoms in total. The lowest BCUT2D eigenvalue weighted by Crippen LogP contribution is -2.01. The van der Waals surface area contributed by atoms with Gasteiger partial charge in [0.1, 0.15) is 6.61 Å². The van der Waals surface area contributed by atoms with E-state index in [-0.39, 0.29) is 0 Å². The van der Waals surface area contributed by atoms with Gasteiger partial charge in [0.25, 0.3) is 0 Å². The monoisotopic (exact) mass is 215 g/mol. The van der Waals surface area contributed by atoms with Crippen molar-refractivity contribution in [2.75, 3.05) is 5.73 Å². The van der Waals surface area contributed by atoms with Crippen molar-refractivity contribution in [3.63, 3.8) is 0 Å². The van der Waals surface area contributed by atoms with Gasteiger partial charge in [0.2, 0.25) is 0 Å². The predicted molar refractivity (Wildman–Crippen MR) is 63.1 cm³/mol. The van der Waals surface area contributed by atoms with Gasteiger partial charge < -0.3 is 5.73 Å². The van der Waals surface area contributed by atoms with E-state index in [1.165, 1.54) is 0 Å². The molecule has 16 heavy (non-hydrogen) atoms. The summed E-state index contributed by atoms with van der Waals surface area (Å²) in [6, 6.07) is 13.3. The maximum Gasteiger partial charge on any atom is 0.110 e. The van der Waals surface area contributed by atoms with Crippen molar-refractivity contribution < 1.29 is 4.84 Å². The van der Waals surface area contributed by atoms with E-state index in [9.17, 15) is 0 Å². The number of rotatable bonds is 3. The van der Waals surface area contributed by atoms with Gasteiger partial charge in [0, 0.05) is 11.3 Å². The fraction of sp³-hybridized carbons (Fsp3) is 0.0833. The maximum absolute atomic E-state index is 5.72.